The minimum atomic E-state index is -1.67. The lowest BCUT2D eigenvalue weighted by Gasteiger charge is -2.40. The normalized spacial score (nSPS) is 22.1. The summed E-state index contributed by atoms with van der Waals surface area (Å²) in [6.45, 7) is 3.40. The number of allylic oxidation sites excluding steroid dienone is 6. The molecule has 1 heterocycles. The Kier molecular flexibility index (Phi) is 35.7. The molecule has 11 nitrogen and oxygen atoms in total. The van der Waals surface area contributed by atoms with Crippen molar-refractivity contribution in [2.24, 2.45) is 0 Å². The Morgan fingerprint density at radius 2 is 1.02 bits per heavy atom. The molecular weight excluding hydrogens is 751 g/mol. The number of rotatable bonds is 39. The fraction of sp³-hybridized carbons (Fsp3) is 0.854. The third kappa shape index (κ3) is 27.8. The van der Waals surface area contributed by atoms with Gasteiger partial charge in [-0.1, -0.05) is 153 Å². The summed E-state index contributed by atoms with van der Waals surface area (Å²) < 4.78 is 11.1. The van der Waals surface area contributed by atoms with E-state index in [0.717, 1.165) is 57.8 Å². The average Bonchev–Trinajstić information content (AvgIpc) is 3.23. The summed E-state index contributed by atoms with van der Waals surface area (Å²) in [6.07, 6.45) is 31.9. The van der Waals surface area contributed by atoms with E-state index in [1.807, 2.05) is 0 Å². The Morgan fingerprint density at radius 3 is 1.51 bits per heavy atom. The lowest BCUT2D eigenvalue weighted by atomic mass is 9.98. The highest BCUT2D eigenvalue weighted by Gasteiger charge is 2.44. The second kappa shape index (κ2) is 38.0. The molecule has 1 fully saturated rings. The summed E-state index contributed by atoms with van der Waals surface area (Å²) in [5, 5.41) is 75.6. The molecule has 9 atom stereocenters. The third-order valence-corrected chi connectivity index (χ3v) is 11.4. The van der Waals surface area contributed by atoms with Gasteiger partial charge < -0.3 is 50.5 Å². The summed E-state index contributed by atoms with van der Waals surface area (Å²) in [5.41, 5.74) is 0. The highest BCUT2D eigenvalue weighted by atomic mass is 16.7. The molecule has 0 bridgehead atoms. The van der Waals surface area contributed by atoms with Crippen LogP contribution in [0.4, 0.5) is 0 Å². The van der Waals surface area contributed by atoms with Crippen LogP contribution < -0.4 is 5.32 Å². The van der Waals surface area contributed by atoms with E-state index in [4.69, 9.17) is 9.47 Å². The molecular formula is C48H89NO10. The van der Waals surface area contributed by atoms with Crippen LogP contribution in [-0.4, -0.2) is 110 Å². The zero-order valence-corrected chi connectivity index (χ0v) is 37.2. The largest absolute Gasteiger partial charge is 0.394 e. The van der Waals surface area contributed by atoms with Crippen molar-refractivity contribution in [3.63, 3.8) is 0 Å². The van der Waals surface area contributed by atoms with Crippen molar-refractivity contribution >= 4 is 5.91 Å². The molecule has 0 aromatic heterocycles. The molecule has 1 aliphatic heterocycles. The van der Waals surface area contributed by atoms with Gasteiger partial charge in [0.2, 0.25) is 5.91 Å². The Morgan fingerprint density at radius 1 is 0.576 bits per heavy atom. The number of carbonyl (C=O) groups excluding carboxylic acids is 1. The highest BCUT2D eigenvalue weighted by molar-refractivity contribution is 5.80. The zero-order chi connectivity index (χ0) is 43.4. The molecule has 8 N–H and O–H groups in total. The number of carbonyl (C=O) groups is 1. The number of aliphatic hydroxyl groups is 7. The van der Waals surface area contributed by atoms with Crippen molar-refractivity contribution in [3.05, 3.63) is 36.5 Å². The van der Waals surface area contributed by atoms with Gasteiger partial charge >= 0.3 is 0 Å². The van der Waals surface area contributed by atoms with Crippen LogP contribution in [0.5, 0.6) is 0 Å². The maximum Gasteiger partial charge on any atom is 0.249 e. The number of nitrogens with one attached hydrogen (secondary N) is 1. The Balaban J connectivity index is 2.49. The van der Waals surface area contributed by atoms with Gasteiger partial charge in [-0.25, -0.2) is 0 Å². The van der Waals surface area contributed by atoms with Crippen LogP contribution in [0.1, 0.15) is 194 Å². The van der Waals surface area contributed by atoms with E-state index in [-0.39, 0.29) is 12.8 Å². The number of hydrogen-bond acceptors (Lipinski definition) is 10. The van der Waals surface area contributed by atoms with Crippen LogP contribution in [0.25, 0.3) is 0 Å². The van der Waals surface area contributed by atoms with Gasteiger partial charge in [0.05, 0.1) is 25.4 Å². The standard InChI is InChI=1S/C48H89NO10/c1-3-5-7-9-11-13-15-17-19-21-23-25-27-29-31-33-35-40(51)43(53)39(38-58-48-46(56)45(55)44(54)42(37-50)59-48)49-47(57)41(52)36-34-32-30-28-26-24-22-20-18-16-14-12-10-8-6-4-2/h18-21,27,29,39-46,48,50-56H,3-17,22-26,28,30-38H2,1-2H3,(H,49,57)/b20-18-,21-19+,29-27+. The molecule has 11 heteroatoms. The first-order chi connectivity index (χ1) is 28.7. The number of unbranched alkanes of at least 4 members (excludes halogenated alkanes) is 21. The predicted molar refractivity (Wildman–Crippen MR) is 238 cm³/mol. The Labute approximate surface area is 358 Å². The number of ether oxygens (including phenoxy) is 2. The minimum absolute atomic E-state index is 0.243. The smallest absolute Gasteiger partial charge is 0.249 e. The van der Waals surface area contributed by atoms with Gasteiger partial charge in [0.15, 0.2) is 6.29 Å². The fourth-order valence-electron chi connectivity index (χ4n) is 7.39. The van der Waals surface area contributed by atoms with Crippen LogP contribution >= 0.6 is 0 Å². The van der Waals surface area contributed by atoms with Crippen LogP contribution in [0, 0.1) is 0 Å². The molecule has 1 rings (SSSR count). The van der Waals surface area contributed by atoms with E-state index >= 15 is 0 Å². The average molecular weight is 840 g/mol. The maximum atomic E-state index is 13.1. The first-order valence-corrected chi connectivity index (χ1v) is 23.9. The molecule has 1 amide bonds. The molecule has 0 aromatic carbocycles. The Bertz CT molecular complexity index is 1050. The number of aliphatic hydroxyl groups excluding tert-OH is 7. The maximum absolute atomic E-state index is 13.1. The van der Waals surface area contributed by atoms with Gasteiger partial charge in [0, 0.05) is 0 Å². The van der Waals surface area contributed by atoms with Gasteiger partial charge in [0.1, 0.15) is 36.6 Å². The first-order valence-electron chi connectivity index (χ1n) is 23.9. The summed E-state index contributed by atoms with van der Waals surface area (Å²) in [7, 11) is 0. The molecule has 59 heavy (non-hydrogen) atoms. The lowest BCUT2D eigenvalue weighted by Crippen LogP contribution is -2.60. The van der Waals surface area contributed by atoms with Crippen molar-refractivity contribution in [2.45, 2.75) is 249 Å². The highest BCUT2D eigenvalue weighted by Crippen LogP contribution is 2.23. The van der Waals surface area contributed by atoms with E-state index in [2.05, 4.69) is 55.6 Å². The van der Waals surface area contributed by atoms with Gasteiger partial charge in [-0.3, -0.25) is 4.79 Å². The number of hydrogen-bond donors (Lipinski definition) is 8. The molecule has 1 aliphatic rings. The molecule has 0 spiro atoms. The molecule has 346 valence electrons. The van der Waals surface area contributed by atoms with Crippen LogP contribution in [0.15, 0.2) is 36.5 Å². The second-order valence-corrected chi connectivity index (χ2v) is 16.8. The SMILES string of the molecule is CCCCCCCC/C=C\CCCCCCCCC(O)C(=O)NC(COC1OC(CO)C(O)C(O)C1O)C(O)C(O)CCC/C=C/CC/C=C/CCCCCCCCC. The minimum Gasteiger partial charge on any atom is -0.394 e. The van der Waals surface area contributed by atoms with Crippen molar-refractivity contribution < 1.29 is 50.0 Å². The van der Waals surface area contributed by atoms with E-state index in [0.29, 0.717) is 19.3 Å². The lowest BCUT2D eigenvalue weighted by molar-refractivity contribution is -0.303. The van der Waals surface area contributed by atoms with E-state index in [1.54, 1.807) is 0 Å². The molecule has 0 aliphatic carbocycles. The fourth-order valence-corrected chi connectivity index (χ4v) is 7.39. The van der Waals surface area contributed by atoms with Crippen molar-refractivity contribution in [3.8, 4) is 0 Å². The van der Waals surface area contributed by atoms with Gasteiger partial charge in [-0.05, 0) is 77.0 Å². The van der Waals surface area contributed by atoms with Crippen LogP contribution in [0.3, 0.4) is 0 Å². The van der Waals surface area contributed by atoms with Crippen molar-refractivity contribution in [2.75, 3.05) is 13.2 Å². The van der Waals surface area contributed by atoms with Crippen LogP contribution in [-0.2, 0) is 14.3 Å². The van der Waals surface area contributed by atoms with E-state index in [9.17, 15) is 40.5 Å². The van der Waals surface area contributed by atoms with Gasteiger partial charge in [-0.2, -0.15) is 0 Å². The molecule has 0 aromatic rings. The molecule has 0 radical (unpaired) electrons. The van der Waals surface area contributed by atoms with Crippen molar-refractivity contribution in [1.82, 2.24) is 5.32 Å². The topological polar surface area (TPSA) is 189 Å². The summed E-state index contributed by atoms with van der Waals surface area (Å²) >= 11 is 0. The Hall–Kier alpha value is -1.67. The van der Waals surface area contributed by atoms with E-state index in [1.165, 1.54) is 89.9 Å². The molecule has 9 unspecified atom stereocenters. The first kappa shape index (κ1) is 55.3. The number of amides is 1. The monoisotopic (exact) mass is 840 g/mol. The van der Waals surface area contributed by atoms with Crippen molar-refractivity contribution in [1.29, 1.82) is 0 Å². The summed E-state index contributed by atoms with van der Waals surface area (Å²) in [6, 6.07) is -1.19. The van der Waals surface area contributed by atoms with E-state index < -0.39 is 74.2 Å². The van der Waals surface area contributed by atoms with Crippen LogP contribution in [0.2, 0.25) is 0 Å². The molecule has 1 saturated heterocycles. The third-order valence-electron chi connectivity index (χ3n) is 11.4. The zero-order valence-electron chi connectivity index (χ0n) is 37.2. The van der Waals surface area contributed by atoms with Gasteiger partial charge in [0.25, 0.3) is 0 Å². The summed E-state index contributed by atoms with van der Waals surface area (Å²) in [4.78, 5) is 13.1. The quantitative estimate of drug-likeness (QED) is 0.0223. The second-order valence-electron chi connectivity index (χ2n) is 16.8. The predicted octanol–water partition coefficient (Wildman–Crippen LogP) is 8.00. The van der Waals surface area contributed by atoms with Gasteiger partial charge in [-0.15, -0.1) is 0 Å². The summed E-state index contributed by atoms with van der Waals surface area (Å²) in [5.74, 6) is -0.717. The molecule has 0 saturated carbocycles.